The van der Waals surface area contributed by atoms with E-state index in [0.29, 0.717) is 22.3 Å². The average Bonchev–Trinajstić information content (AvgIpc) is 3.07. The van der Waals surface area contributed by atoms with Crippen molar-refractivity contribution < 1.29 is 26.4 Å². The maximum atomic E-state index is 13.4. The first kappa shape index (κ1) is 24.0. The summed E-state index contributed by atoms with van der Waals surface area (Å²) in [5.74, 6) is -0.151. The molecule has 0 saturated carbocycles. The van der Waals surface area contributed by atoms with Crippen molar-refractivity contribution in [3.05, 3.63) is 52.0 Å². The summed E-state index contributed by atoms with van der Waals surface area (Å²) in [6, 6.07) is 8.27. The number of carbonyl (C=O) groups is 1. The van der Waals surface area contributed by atoms with E-state index in [-0.39, 0.29) is 43.0 Å². The number of hydrogen-bond donors (Lipinski definition) is 0. The molecule has 33 heavy (non-hydrogen) atoms. The molecule has 1 atom stereocenters. The number of amides is 1. The highest BCUT2D eigenvalue weighted by Crippen LogP contribution is 2.39. The Morgan fingerprint density at radius 3 is 2.36 bits per heavy atom. The molecule has 178 valence electrons. The van der Waals surface area contributed by atoms with Gasteiger partial charge in [0.25, 0.3) is 0 Å². The highest BCUT2D eigenvalue weighted by molar-refractivity contribution is 9.10. The molecule has 0 spiro atoms. The summed E-state index contributed by atoms with van der Waals surface area (Å²) in [6.07, 6.45) is -3.80. The van der Waals surface area contributed by atoms with Crippen LogP contribution in [0.3, 0.4) is 0 Å². The van der Waals surface area contributed by atoms with Crippen LogP contribution in [0.4, 0.5) is 24.5 Å². The number of piperazine rings is 1. The molecular formula is C22H23BrF3N3O3S. The molecule has 0 N–H and O–H groups in total. The fourth-order valence-corrected chi connectivity index (χ4v) is 6.99. The van der Waals surface area contributed by atoms with Crippen LogP contribution >= 0.6 is 15.9 Å². The van der Waals surface area contributed by atoms with E-state index in [1.54, 1.807) is 28.0 Å². The number of sulfonamides is 1. The minimum absolute atomic E-state index is 0.0571. The van der Waals surface area contributed by atoms with Gasteiger partial charge in [-0.25, -0.2) is 8.42 Å². The molecule has 11 heteroatoms. The maximum absolute atomic E-state index is 13.4. The molecule has 2 aliphatic heterocycles. The fourth-order valence-electron chi connectivity index (χ4n) is 4.50. The van der Waals surface area contributed by atoms with Crippen LogP contribution in [0.2, 0.25) is 0 Å². The average molecular weight is 546 g/mol. The van der Waals surface area contributed by atoms with Crippen molar-refractivity contribution in [2.45, 2.75) is 37.4 Å². The Bertz CT molecular complexity index is 1200. The van der Waals surface area contributed by atoms with Gasteiger partial charge < -0.3 is 9.80 Å². The minimum Gasteiger partial charge on any atom is -0.369 e. The normalized spacial score (nSPS) is 19.6. The first-order valence-corrected chi connectivity index (χ1v) is 12.7. The molecule has 2 aromatic rings. The Morgan fingerprint density at radius 1 is 1.09 bits per heavy atom. The summed E-state index contributed by atoms with van der Waals surface area (Å²) in [6.45, 7) is 4.16. The Hall–Kier alpha value is -2.11. The Balaban J connectivity index is 1.56. The number of benzene rings is 2. The van der Waals surface area contributed by atoms with Gasteiger partial charge in [0.15, 0.2) is 0 Å². The Morgan fingerprint density at radius 2 is 1.76 bits per heavy atom. The zero-order valence-corrected chi connectivity index (χ0v) is 20.5. The number of fused-ring (bicyclic) bond motifs is 1. The molecule has 2 heterocycles. The van der Waals surface area contributed by atoms with E-state index in [2.05, 4.69) is 15.9 Å². The third-order valence-corrected chi connectivity index (χ3v) is 8.94. The summed E-state index contributed by atoms with van der Waals surface area (Å²) in [5, 5.41) is 0. The highest BCUT2D eigenvalue weighted by atomic mass is 79.9. The van der Waals surface area contributed by atoms with Gasteiger partial charge in [-0.3, -0.25) is 4.79 Å². The number of carbonyl (C=O) groups excluding carboxylic acids is 1. The predicted molar refractivity (Wildman–Crippen MR) is 123 cm³/mol. The van der Waals surface area contributed by atoms with E-state index < -0.39 is 21.8 Å². The lowest BCUT2D eigenvalue weighted by Crippen LogP contribution is -2.48. The van der Waals surface area contributed by atoms with Gasteiger partial charge in [0, 0.05) is 55.0 Å². The lowest BCUT2D eigenvalue weighted by atomic mass is 10.1. The summed E-state index contributed by atoms with van der Waals surface area (Å²) in [7, 11) is -3.88. The van der Waals surface area contributed by atoms with Crippen LogP contribution < -0.4 is 9.80 Å². The van der Waals surface area contributed by atoms with Gasteiger partial charge in [-0.2, -0.15) is 17.5 Å². The molecule has 1 unspecified atom stereocenters. The third-order valence-electron chi connectivity index (χ3n) is 6.08. The molecule has 0 aliphatic carbocycles. The van der Waals surface area contributed by atoms with Crippen LogP contribution in [-0.2, 0) is 27.4 Å². The van der Waals surface area contributed by atoms with Gasteiger partial charge in [-0.05, 0) is 65.2 Å². The second-order valence-corrected chi connectivity index (χ2v) is 11.1. The molecule has 0 radical (unpaired) electrons. The predicted octanol–water partition coefficient (Wildman–Crippen LogP) is 4.28. The van der Waals surface area contributed by atoms with Crippen LogP contribution in [0.1, 0.15) is 25.0 Å². The van der Waals surface area contributed by atoms with Crippen molar-refractivity contribution in [1.82, 2.24) is 4.31 Å². The van der Waals surface area contributed by atoms with Crippen LogP contribution in [0.15, 0.2) is 45.8 Å². The van der Waals surface area contributed by atoms with Crippen molar-refractivity contribution in [3.63, 3.8) is 0 Å². The number of hydrogen-bond acceptors (Lipinski definition) is 4. The number of anilines is 2. The largest absolute Gasteiger partial charge is 0.416 e. The van der Waals surface area contributed by atoms with Gasteiger partial charge in [-0.15, -0.1) is 0 Å². The van der Waals surface area contributed by atoms with E-state index in [4.69, 9.17) is 0 Å². The minimum atomic E-state index is -4.44. The van der Waals surface area contributed by atoms with Crippen LogP contribution in [-0.4, -0.2) is 50.9 Å². The number of halogens is 4. The number of alkyl halides is 3. The van der Waals surface area contributed by atoms with E-state index in [1.165, 1.54) is 17.3 Å². The number of nitrogens with zero attached hydrogens (tertiary/aromatic N) is 3. The Kier molecular flexibility index (Phi) is 6.25. The maximum Gasteiger partial charge on any atom is 0.416 e. The lowest BCUT2D eigenvalue weighted by molar-refractivity contribution is -0.137. The smallest absolute Gasteiger partial charge is 0.369 e. The SMILES string of the molecule is CC(=O)N1c2cc(S(=O)(=O)N3CCN(c4cccc(C(F)(F)F)c4)CC3)c(Br)cc2CC1C. The van der Waals surface area contributed by atoms with E-state index in [1.807, 2.05) is 6.92 Å². The van der Waals surface area contributed by atoms with E-state index in [0.717, 1.165) is 17.7 Å². The standard InChI is InChI=1S/C22H23BrF3N3O3S/c1-14-10-16-11-19(23)21(13-20(16)29(14)15(2)30)33(31,32)28-8-6-27(7-9-28)18-5-3-4-17(12-18)22(24,25)26/h3-5,11-14H,6-10H2,1-2H3. The highest BCUT2D eigenvalue weighted by Gasteiger charge is 2.36. The topological polar surface area (TPSA) is 60.9 Å². The van der Waals surface area contributed by atoms with E-state index >= 15 is 0 Å². The van der Waals surface area contributed by atoms with Gasteiger partial charge in [-0.1, -0.05) is 6.07 Å². The van der Waals surface area contributed by atoms with E-state index in [9.17, 15) is 26.4 Å². The van der Waals surface area contributed by atoms with Crippen molar-refractivity contribution >= 4 is 43.2 Å². The van der Waals surface area contributed by atoms with Gasteiger partial charge in [0.05, 0.1) is 10.5 Å². The van der Waals surface area contributed by atoms with Crippen molar-refractivity contribution in [2.24, 2.45) is 0 Å². The second kappa shape index (κ2) is 8.59. The van der Waals surface area contributed by atoms with Gasteiger partial charge in [0.2, 0.25) is 15.9 Å². The molecule has 0 bridgehead atoms. The van der Waals surface area contributed by atoms with Crippen molar-refractivity contribution in [1.29, 1.82) is 0 Å². The molecule has 2 aliphatic rings. The second-order valence-electron chi connectivity index (χ2n) is 8.29. The monoisotopic (exact) mass is 545 g/mol. The zero-order chi connectivity index (χ0) is 24.1. The van der Waals surface area contributed by atoms with Crippen LogP contribution in [0, 0.1) is 0 Å². The molecule has 4 rings (SSSR count). The van der Waals surface area contributed by atoms with Gasteiger partial charge >= 0.3 is 6.18 Å². The quantitative estimate of drug-likeness (QED) is 0.577. The molecule has 0 aromatic heterocycles. The first-order chi connectivity index (χ1) is 15.4. The summed E-state index contributed by atoms with van der Waals surface area (Å²) < 4.78 is 67.7. The molecule has 6 nitrogen and oxygen atoms in total. The lowest BCUT2D eigenvalue weighted by Gasteiger charge is -2.35. The fraction of sp³-hybridized carbons (Fsp3) is 0.409. The van der Waals surface area contributed by atoms with Gasteiger partial charge in [0.1, 0.15) is 0 Å². The summed E-state index contributed by atoms with van der Waals surface area (Å²) >= 11 is 3.38. The summed E-state index contributed by atoms with van der Waals surface area (Å²) in [4.78, 5) is 15.5. The third kappa shape index (κ3) is 4.50. The first-order valence-electron chi connectivity index (χ1n) is 10.4. The van der Waals surface area contributed by atoms with Crippen LogP contribution in [0.25, 0.3) is 0 Å². The molecule has 1 amide bonds. The van der Waals surface area contributed by atoms with Crippen molar-refractivity contribution in [2.75, 3.05) is 36.0 Å². The summed E-state index contributed by atoms with van der Waals surface area (Å²) in [5.41, 5.74) is 1.17. The zero-order valence-electron chi connectivity index (χ0n) is 18.1. The molecule has 1 fully saturated rings. The molecular weight excluding hydrogens is 523 g/mol. The Labute approximate surface area is 199 Å². The van der Waals surface area contributed by atoms with Crippen molar-refractivity contribution in [3.8, 4) is 0 Å². The molecule has 1 saturated heterocycles. The number of rotatable bonds is 3. The molecule has 2 aromatic carbocycles. The van der Waals surface area contributed by atoms with Crippen LogP contribution in [0.5, 0.6) is 0 Å².